The molecule has 0 saturated carbocycles. The van der Waals surface area contributed by atoms with Crippen molar-refractivity contribution in [1.29, 1.82) is 0 Å². The van der Waals surface area contributed by atoms with Gasteiger partial charge in [0.15, 0.2) is 0 Å². The minimum atomic E-state index is -0.417. The van der Waals surface area contributed by atoms with Gasteiger partial charge in [0, 0.05) is 99.2 Å². The van der Waals surface area contributed by atoms with Gasteiger partial charge < -0.3 is 47.4 Å². The lowest BCUT2D eigenvalue weighted by molar-refractivity contribution is 0.0490. The van der Waals surface area contributed by atoms with Crippen LogP contribution in [-0.2, 0) is 48.7 Å². The molecule has 0 atom stereocenters. The third kappa shape index (κ3) is 12.9. The van der Waals surface area contributed by atoms with E-state index in [1.807, 2.05) is 0 Å². The van der Waals surface area contributed by atoms with Crippen molar-refractivity contribution in [2.24, 2.45) is 0 Å². The lowest BCUT2D eigenvalue weighted by Gasteiger charge is -2.35. The molecule has 0 bridgehead atoms. The third-order valence-corrected chi connectivity index (χ3v) is 19.5. The first-order valence-electron chi connectivity index (χ1n) is 33.2. The van der Waals surface area contributed by atoms with E-state index < -0.39 is 10.8 Å². The fourth-order valence-electron chi connectivity index (χ4n) is 14.8. The van der Waals surface area contributed by atoms with Crippen molar-refractivity contribution in [2.75, 3.05) is 113 Å². The molecule has 1 aromatic heterocycles. The second-order valence-electron chi connectivity index (χ2n) is 25.1. The smallest absolute Gasteiger partial charge is 0.0700 e. The van der Waals surface area contributed by atoms with Crippen molar-refractivity contribution in [2.45, 2.75) is 50.4 Å². The first kappa shape index (κ1) is 64.2. The minimum absolute atomic E-state index is 0.417. The van der Waals surface area contributed by atoms with Crippen LogP contribution in [0, 0.1) is 13.8 Å². The summed E-state index contributed by atoms with van der Waals surface area (Å²) in [6, 6.07) is 81.6. The van der Waals surface area contributed by atoms with Gasteiger partial charge in [-0.05, 0) is 190 Å². The van der Waals surface area contributed by atoms with E-state index >= 15 is 0 Å². The number of benzene rings is 10. The van der Waals surface area contributed by atoms with Crippen molar-refractivity contribution in [3.05, 3.63) is 252 Å². The van der Waals surface area contributed by atoms with E-state index in [9.17, 15) is 0 Å². The molecule has 10 heteroatoms. The molecule has 10 aromatic carbocycles. The van der Waals surface area contributed by atoms with Crippen LogP contribution in [0.1, 0.15) is 59.1 Å². The molecule has 0 amide bonds. The van der Waals surface area contributed by atoms with Gasteiger partial charge in [-0.1, -0.05) is 157 Å². The SMILES string of the molecule is COCCOCCC1(CCOCCOC)c2cc(C)ccc2-c2ccc(N(c3ccc(-c4ccc5c(c4)c4ccccc4n5-c4cccc(-c5cccc(-c6ccccc6)c5)c4)cc3)c3ccc4c(c3)C(CCOCCOC)(CCOCCOC)c3cc(C)ccc3-4)cc21. The summed E-state index contributed by atoms with van der Waals surface area (Å²) in [7, 11) is 6.90. The van der Waals surface area contributed by atoms with Gasteiger partial charge in [-0.3, -0.25) is 0 Å². The Morgan fingerprint density at radius 3 is 1.21 bits per heavy atom. The number of para-hydroxylation sites is 1. The van der Waals surface area contributed by atoms with Crippen LogP contribution in [0.2, 0.25) is 0 Å². The zero-order chi connectivity index (χ0) is 64.4. The summed E-state index contributed by atoms with van der Waals surface area (Å²) >= 11 is 0. The standard InChI is InChI=1S/C84H86N2O8/c1-59-22-31-71-73-33-29-69(57-79(73)83(77(71)52-59,36-40-91-48-44-87-3)37-41-92-49-45-88-4)85(70-30-34-74-72-32-23-60(2)53-78(72)84(80(74)58-70,38-42-93-50-46-89-5)39-43-94-51-47-90-6)67-27-24-62(25-28-67)66-26-35-82-76(56-66)75-20-10-11-21-81(75)86(82)68-19-13-18-65(55-68)64-17-12-16-63(54-64)61-14-8-7-9-15-61/h7-35,52-58H,36-51H2,1-6H3. The number of aromatic nitrogens is 1. The lowest BCUT2D eigenvalue weighted by atomic mass is 9.72. The number of ether oxygens (including phenoxy) is 8. The maximum atomic E-state index is 6.39. The van der Waals surface area contributed by atoms with Crippen LogP contribution in [0.15, 0.2) is 218 Å². The Morgan fingerprint density at radius 1 is 0.298 bits per heavy atom. The number of aryl methyl sites for hydroxylation is 2. The van der Waals surface area contributed by atoms with Gasteiger partial charge in [0.05, 0.1) is 63.9 Å². The Hall–Kier alpha value is -8.52. The van der Waals surface area contributed by atoms with Gasteiger partial charge in [-0.25, -0.2) is 0 Å². The van der Waals surface area contributed by atoms with Crippen LogP contribution in [0.5, 0.6) is 0 Å². The zero-order valence-electron chi connectivity index (χ0n) is 55.3. The Morgan fingerprint density at radius 2 is 0.691 bits per heavy atom. The number of fused-ring (bicyclic) bond motifs is 9. The maximum Gasteiger partial charge on any atom is 0.0700 e. The molecule has 10 nitrogen and oxygen atoms in total. The minimum Gasteiger partial charge on any atom is -0.382 e. The maximum absolute atomic E-state index is 6.39. The van der Waals surface area contributed by atoms with E-state index in [1.165, 1.54) is 94.2 Å². The number of rotatable bonds is 31. The Balaban J connectivity index is 0.931. The number of hydrogen-bond acceptors (Lipinski definition) is 9. The molecule has 0 radical (unpaired) electrons. The molecule has 0 spiro atoms. The van der Waals surface area contributed by atoms with Crippen molar-refractivity contribution in [1.82, 2.24) is 4.57 Å². The molecular formula is C84H86N2O8. The predicted molar refractivity (Wildman–Crippen MR) is 383 cm³/mol. The van der Waals surface area contributed by atoms with E-state index in [-0.39, 0.29) is 0 Å². The van der Waals surface area contributed by atoms with E-state index in [4.69, 9.17) is 37.9 Å². The second kappa shape index (κ2) is 29.4. The van der Waals surface area contributed by atoms with Crippen molar-refractivity contribution >= 4 is 38.9 Å². The number of methoxy groups -OCH3 is 4. The van der Waals surface area contributed by atoms with Gasteiger partial charge in [0.1, 0.15) is 0 Å². The van der Waals surface area contributed by atoms with Crippen LogP contribution in [-0.4, -0.2) is 112 Å². The summed E-state index contributed by atoms with van der Waals surface area (Å²) < 4.78 is 49.8. The Bertz CT molecular complexity index is 4240. The van der Waals surface area contributed by atoms with Gasteiger partial charge in [-0.15, -0.1) is 0 Å². The van der Waals surface area contributed by atoms with Crippen molar-refractivity contribution in [3.63, 3.8) is 0 Å². The zero-order valence-corrected chi connectivity index (χ0v) is 55.3. The van der Waals surface area contributed by atoms with Crippen LogP contribution < -0.4 is 4.90 Å². The highest BCUT2D eigenvalue weighted by Gasteiger charge is 2.45. The average Bonchev–Trinajstić information content (AvgIpc) is 1.57. The van der Waals surface area contributed by atoms with E-state index in [0.717, 1.165) is 65.1 Å². The van der Waals surface area contributed by atoms with Crippen molar-refractivity contribution < 1.29 is 37.9 Å². The van der Waals surface area contributed by atoms with E-state index in [2.05, 4.69) is 242 Å². The third-order valence-electron chi connectivity index (χ3n) is 19.5. The van der Waals surface area contributed by atoms with Crippen LogP contribution >= 0.6 is 0 Å². The quantitative estimate of drug-likeness (QED) is 0.0395. The van der Waals surface area contributed by atoms with Crippen LogP contribution in [0.4, 0.5) is 17.1 Å². The normalized spacial score (nSPS) is 13.3. The summed E-state index contributed by atoms with van der Waals surface area (Å²) in [5.41, 5.74) is 25.4. The van der Waals surface area contributed by atoms with Crippen molar-refractivity contribution in [3.8, 4) is 61.3 Å². The molecule has 0 saturated heterocycles. The fraction of sp³-hybridized carbons (Fsp3) is 0.286. The van der Waals surface area contributed by atoms with E-state index in [0.29, 0.717) is 79.3 Å². The van der Waals surface area contributed by atoms with Gasteiger partial charge in [0.25, 0.3) is 0 Å². The first-order chi connectivity index (χ1) is 46.2. The molecule has 94 heavy (non-hydrogen) atoms. The number of anilines is 3. The summed E-state index contributed by atoms with van der Waals surface area (Å²) in [6.45, 7) is 10.9. The van der Waals surface area contributed by atoms with Crippen LogP contribution in [0.3, 0.4) is 0 Å². The Kier molecular flexibility index (Phi) is 20.1. The number of hydrogen-bond donors (Lipinski definition) is 0. The molecule has 1 heterocycles. The topological polar surface area (TPSA) is 82.0 Å². The molecule has 0 aliphatic heterocycles. The Labute approximate surface area is 554 Å². The second-order valence-corrected chi connectivity index (χ2v) is 25.1. The molecular weight excluding hydrogens is 1160 g/mol. The molecule has 2 aliphatic carbocycles. The molecule has 480 valence electrons. The van der Waals surface area contributed by atoms with Gasteiger partial charge in [-0.2, -0.15) is 0 Å². The largest absolute Gasteiger partial charge is 0.382 e. The highest BCUT2D eigenvalue weighted by Crippen LogP contribution is 2.57. The van der Waals surface area contributed by atoms with E-state index in [1.54, 1.807) is 28.4 Å². The average molecular weight is 1250 g/mol. The highest BCUT2D eigenvalue weighted by atomic mass is 16.5. The van der Waals surface area contributed by atoms with Gasteiger partial charge >= 0.3 is 0 Å². The molecule has 0 fully saturated rings. The first-order valence-corrected chi connectivity index (χ1v) is 33.2. The summed E-state index contributed by atoms with van der Waals surface area (Å²) in [5, 5.41) is 2.41. The highest BCUT2D eigenvalue weighted by molar-refractivity contribution is 6.10. The molecule has 2 aliphatic rings. The van der Waals surface area contributed by atoms with Crippen LogP contribution in [0.25, 0.3) is 83.1 Å². The number of nitrogens with zero attached hydrogens (tertiary/aromatic N) is 2. The fourth-order valence-corrected chi connectivity index (χ4v) is 14.8. The van der Waals surface area contributed by atoms with Gasteiger partial charge in [0.2, 0.25) is 0 Å². The predicted octanol–water partition coefficient (Wildman–Crippen LogP) is 18.6. The molecule has 0 N–H and O–H groups in total. The summed E-state index contributed by atoms with van der Waals surface area (Å²) in [6.07, 6.45) is 3.07. The summed E-state index contributed by atoms with van der Waals surface area (Å²) in [5.74, 6) is 0. The monoisotopic (exact) mass is 1250 g/mol. The lowest BCUT2D eigenvalue weighted by Crippen LogP contribution is -2.30. The molecule has 11 aromatic rings. The molecule has 0 unspecified atom stereocenters. The molecule has 13 rings (SSSR count). The summed E-state index contributed by atoms with van der Waals surface area (Å²) in [4.78, 5) is 2.47.